The molecule has 0 spiro atoms. The Hall–Kier alpha value is -2.74. The summed E-state index contributed by atoms with van der Waals surface area (Å²) in [5.41, 5.74) is -0.730. The minimum atomic E-state index is -1.11. The quantitative estimate of drug-likeness (QED) is 0.801. The van der Waals surface area contributed by atoms with Gasteiger partial charge >= 0.3 is 12.1 Å². The maximum absolute atomic E-state index is 12.4. The molecule has 0 radical (unpaired) electrons. The van der Waals surface area contributed by atoms with Gasteiger partial charge in [-0.05, 0) is 39.0 Å². The highest BCUT2D eigenvalue weighted by atomic mass is 35.5. The van der Waals surface area contributed by atoms with Crippen molar-refractivity contribution in [2.75, 3.05) is 13.7 Å². The fraction of sp³-hybridized carbons (Fsp3) is 0.450. The summed E-state index contributed by atoms with van der Waals surface area (Å²) in [5.74, 6) is -0.271. The average molecular weight is 423 g/mol. The van der Waals surface area contributed by atoms with E-state index >= 15 is 0 Å². The Morgan fingerprint density at radius 1 is 1.24 bits per heavy atom. The summed E-state index contributed by atoms with van der Waals surface area (Å²) >= 11 is 6.37. The lowest BCUT2D eigenvalue weighted by Crippen LogP contribution is -2.43. The van der Waals surface area contributed by atoms with Gasteiger partial charge in [0.25, 0.3) is 0 Å². The Labute approximate surface area is 173 Å². The number of nitrogens with zero attached hydrogens (tertiary/aromatic N) is 2. The Morgan fingerprint density at radius 2 is 1.97 bits per heavy atom. The molecule has 1 N–H and O–H groups in total. The number of amides is 1. The number of pyridine rings is 1. The zero-order valence-corrected chi connectivity index (χ0v) is 17.4. The van der Waals surface area contributed by atoms with Gasteiger partial charge in [-0.3, -0.25) is 4.90 Å². The van der Waals surface area contributed by atoms with E-state index in [1.165, 1.54) is 12.0 Å². The number of halogens is 1. The van der Waals surface area contributed by atoms with Crippen molar-refractivity contribution in [3.63, 3.8) is 0 Å². The third-order valence-electron chi connectivity index (χ3n) is 4.48. The predicted molar refractivity (Wildman–Crippen MR) is 107 cm³/mol. The molecule has 1 aromatic heterocycles. The number of hydrogen-bond donors (Lipinski definition) is 1. The molecule has 1 aromatic carbocycles. The summed E-state index contributed by atoms with van der Waals surface area (Å²) < 4.78 is 16.5. The molecule has 1 saturated heterocycles. The lowest BCUT2D eigenvalue weighted by molar-refractivity contribution is -0.142. The van der Waals surface area contributed by atoms with Crippen molar-refractivity contribution >= 4 is 34.4 Å². The maximum Gasteiger partial charge on any atom is 0.411 e. The summed E-state index contributed by atoms with van der Waals surface area (Å²) in [6, 6.07) is 4.20. The minimum Gasteiger partial charge on any atom is -0.495 e. The summed E-state index contributed by atoms with van der Waals surface area (Å²) in [7, 11) is 1.53. The first-order valence-electron chi connectivity index (χ1n) is 9.11. The standard InChI is InChI=1S/C20H23ClN2O6/c1-20(2,3)29-19(26)23-10-11(9-14(23)18(24)25)28-17-13-5-6-15(27-4)16(21)12(13)7-8-22-17/h5-8,11,14H,9-10H2,1-4H3,(H,24,25)/t11-,14+/m1/s1. The number of carbonyl (C=O) groups excluding carboxylic acids is 1. The highest BCUT2D eigenvalue weighted by Crippen LogP contribution is 2.36. The Morgan fingerprint density at radius 3 is 2.59 bits per heavy atom. The molecule has 29 heavy (non-hydrogen) atoms. The first kappa shape index (κ1) is 21.0. The third-order valence-corrected chi connectivity index (χ3v) is 4.87. The smallest absolute Gasteiger partial charge is 0.411 e. The van der Waals surface area contributed by atoms with Crippen LogP contribution in [0.4, 0.5) is 4.79 Å². The summed E-state index contributed by atoms with van der Waals surface area (Å²) in [5, 5.41) is 11.3. The number of fused-ring (bicyclic) bond motifs is 1. The minimum absolute atomic E-state index is 0.0772. The van der Waals surface area contributed by atoms with E-state index in [4.69, 9.17) is 25.8 Å². The van der Waals surface area contributed by atoms with Crippen LogP contribution in [0.5, 0.6) is 11.6 Å². The molecule has 1 aliphatic heterocycles. The monoisotopic (exact) mass is 422 g/mol. The first-order chi connectivity index (χ1) is 13.6. The van der Waals surface area contributed by atoms with E-state index in [0.717, 1.165) is 0 Å². The molecular formula is C20H23ClN2O6. The van der Waals surface area contributed by atoms with Crippen LogP contribution >= 0.6 is 11.6 Å². The van der Waals surface area contributed by atoms with Gasteiger partial charge in [0, 0.05) is 23.4 Å². The molecule has 2 aromatic rings. The van der Waals surface area contributed by atoms with E-state index in [-0.39, 0.29) is 13.0 Å². The molecule has 8 nitrogen and oxygen atoms in total. The molecule has 0 unspecified atom stereocenters. The summed E-state index contributed by atoms with van der Waals surface area (Å²) in [6.45, 7) is 5.25. The van der Waals surface area contributed by atoms with Gasteiger partial charge in [0.2, 0.25) is 5.88 Å². The molecule has 2 heterocycles. The van der Waals surface area contributed by atoms with E-state index in [1.54, 1.807) is 45.2 Å². The van der Waals surface area contributed by atoms with Gasteiger partial charge in [-0.1, -0.05) is 11.6 Å². The van der Waals surface area contributed by atoms with Crippen LogP contribution in [0.25, 0.3) is 10.8 Å². The van der Waals surface area contributed by atoms with E-state index in [1.807, 2.05) is 0 Å². The first-order valence-corrected chi connectivity index (χ1v) is 9.49. The fourth-order valence-electron chi connectivity index (χ4n) is 3.22. The molecule has 0 bridgehead atoms. The number of carboxylic acids is 1. The number of likely N-dealkylation sites (tertiary alicyclic amines) is 1. The number of methoxy groups -OCH3 is 1. The number of benzene rings is 1. The summed E-state index contributed by atoms with van der Waals surface area (Å²) in [6.07, 6.45) is 0.437. The molecule has 1 aliphatic rings. The van der Waals surface area contributed by atoms with Gasteiger partial charge in [-0.25, -0.2) is 14.6 Å². The summed E-state index contributed by atoms with van der Waals surface area (Å²) in [4.78, 5) is 29.5. The van der Waals surface area contributed by atoms with Crippen molar-refractivity contribution in [3.05, 3.63) is 29.4 Å². The van der Waals surface area contributed by atoms with Crippen LogP contribution < -0.4 is 9.47 Å². The molecule has 156 valence electrons. The van der Waals surface area contributed by atoms with Crippen molar-refractivity contribution < 1.29 is 28.9 Å². The largest absolute Gasteiger partial charge is 0.495 e. The number of aliphatic carboxylic acids is 1. The van der Waals surface area contributed by atoms with Crippen molar-refractivity contribution in [3.8, 4) is 11.6 Å². The van der Waals surface area contributed by atoms with Gasteiger partial charge in [0.15, 0.2) is 0 Å². The Balaban J connectivity index is 1.85. The Kier molecular flexibility index (Phi) is 5.75. The van der Waals surface area contributed by atoms with Crippen molar-refractivity contribution in [1.82, 2.24) is 9.88 Å². The highest BCUT2D eigenvalue weighted by molar-refractivity contribution is 6.37. The maximum atomic E-state index is 12.4. The van der Waals surface area contributed by atoms with Crippen molar-refractivity contribution in [2.45, 2.75) is 44.9 Å². The molecular weight excluding hydrogens is 400 g/mol. The van der Waals surface area contributed by atoms with E-state index in [9.17, 15) is 14.7 Å². The number of ether oxygens (including phenoxy) is 3. The Bertz CT molecular complexity index is 942. The van der Waals surface area contributed by atoms with E-state index < -0.39 is 29.8 Å². The van der Waals surface area contributed by atoms with Crippen LogP contribution in [0.3, 0.4) is 0 Å². The lowest BCUT2D eigenvalue weighted by Gasteiger charge is -2.26. The van der Waals surface area contributed by atoms with E-state index in [2.05, 4.69) is 4.98 Å². The van der Waals surface area contributed by atoms with Gasteiger partial charge in [0.05, 0.1) is 18.7 Å². The second-order valence-electron chi connectivity index (χ2n) is 7.76. The number of carboxylic acid groups (broad SMARTS) is 1. The molecule has 9 heteroatoms. The zero-order chi connectivity index (χ0) is 21.3. The SMILES string of the molecule is COc1ccc2c(O[C@@H]3C[C@@H](C(=O)O)N(C(=O)OC(C)(C)C)C3)nccc2c1Cl. The predicted octanol–water partition coefficient (Wildman–Crippen LogP) is 3.74. The molecule has 1 fully saturated rings. The third kappa shape index (κ3) is 4.48. The second kappa shape index (κ2) is 7.94. The average Bonchev–Trinajstić information content (AvgIpc) is 3.06. The zero-order valence-electron chi connectivity index (χ0n) is 16.6. The van der Waals surface area contributed by atoms with Crippen LogP contribution in [0.1, 0.15) is 27.2 Å². The molecule has 3 rings (SSSR count). The van der Waals surface area contributed by atoms with Crippen LogP contribution in [0.2, 0.25) is 5.02 Å². The van der Waals surface area contributed by atoms with Gasteiger partial charge in [-0.15, -0.1) is 0 Å². The molecule has 0 saturated carbocycles. The van der Waals surface area contributed by atoms with Crippen molar-refractivity contribution in [2.24, 2.45) is 0 Å². The molecule has 1 amide bonds. The highest BCUT2D eigenvalue weighted by Gasteiger charge is 2.43. The number of rotatable bonds is 4. The second-order valence-corrected chi connectivity index (χ2v) is 8.13. The number of hydrogen-bond acceptors (Lipinski definition) is 6. The van der Waals surface area contributed by atoms with Crippen LogP contribution in [0, 0.1) is 0 Å². The van der Waals surface area contributed by atoms with Gasteiger partial charge in [0.1, 0.15) is 23.5 Å². The van der Waals surface area contributed by atoms with E-state index in [0.29, 0.717) is 27.4 Å². The molecule has 0 aliphatic carbocycles. The van der Waals surface area contributed by atoms with Crippen LogP contribution in [-0.4, -0.2) is 58.5 Å². The van der Waals surface area contributed by atoms with Crippen LogP contribution in [0.15, 0.2) is 24.4 Å². The number of carbonyl (C=O) groups is 2. The topological polar surface area (TPSA) is 98.2 Å². The number of aromatic nitrogens is 1. The van der Waals surface area contributed by atoms with Gasteiger partial charge in [-0.2, -0.15) is 0 Å². The van der Waals surface area contributed by atoms with Crippen molar-refractivity contribution in [1.29, 1.82) is 0 Å². The lowest BCUT2D eigenvalue weighted by atomic mass is 10.1. The molecule has 2 atom stereocenters. The van der Waals surface area contributed by atoms with Gasteiger partial charge < -0.3 is 19.3 Å². The van der Waals surface area contributed by atoms with Crippen LogP contribution in [-0.2, 0) is 9.53 Å². The fourth-order valence-corrected chi connectivity index (χ4v) is 3.53. The normalized spacial score (nSPS) is 19.3.